The quantitative estimate of drug-likeness (QED) is 0.915. The van der Waals surface area contributed by atoms with Crippen LogP contribution in [0.2, 0.25) is 0 Å². The van der Waals surface area contributed by atoms with Gasteiger partial charge in [-0.2, -0.15) is 0 Å². The van der Waals surface area contributed by atoms with E-state index in [2.05, 4.69) is 24.1 Å². The Morgan fingerprint density at radius 2 is 2.11 bits per heavy atom. The van der Waals surface area contributed by atoms with Gasteiger partial charge in [0, 0.05) is 15.1 Å². The van der Waals surface area contributed by atoms with E-state index in [-0.39, 0.29) is 5.91 Å². The molecule has 0 spiro atoms. The molecule has 0 aliphatic rings. The van der Waals surface area contributed by atoms with E-state index in [1.165, 1.54) is 16.2 Å². The molecule has 5 heteroatoms. The lowest BCUT2D eigenvalue weighted by Gasteiger charge is -1.99. The van der Waals surface area contributed by atoms with Crippen molar-refractivity contribution >= 4 is 33.7 Å². The first-order valence-corrected chi connectivity index (χ1v) is 7.50. The summed E-state index contributed by atoms with van der Waals surface area (Å²) in [5.41, 5.74) is 1.69. The van der Waals surface area contributed by atoms with Gasteiger partial charge in [-0.3, -0.25) is 10.1 Å². The summed E-state index contributed by atoms with van der Waals surface area (Å²) in [7, 11) is 0. The van der Waals surface area contributed by atoms with Gasteiger partial charge < -0.3 is 0 Å². The maximum Gasteiger partial charge on any atom is 0.258 e. The summed E-state index contributed by atoms with van der Waals surface area (Å²) in [5, 5.41) is 5.42. The first-order chi connectivity index (χ1) is 8.47. The Hall–Kier alpha value is -1.20. The van der Waals surface area contributed by atoms with Crippen LogP contribution in [0.15, 0.2) is 11.4 Å². The van der Waals surface area contributed by atoms with Crippen LogP contribution in [0.25, 0.3) is 0 Å². The predicted molar refractivity (Wildman–Crippen MR) is 77.9 cm³/mol. The lowest BCUT2D eigenvalue weighted by molar-refractivity contribution is 0.102. The average Bonchev–Trinajstić information content (AvgIpc) is 2.87. The second-order valence-corrected chi connectivity index (χ2v) is 6.65. The van der Waals surface area contributed by atoms with Gasteiger partial charge in [0.05, 0.1) is 11.3 Å². The molecule has 0 bridgehead atoms. The highest BCUT2D eigenvalue weighted by Gasteiger charge is 2.13. The van der Waals surface area contributed by atoms with Crippen LogP contribution in [0.4, 0.5) is 5.13 Å². The fourth-order valence-corrected chi connectivity index (χ4v) is 3.19. The number of aryl methyl sites for hydroxylation is 2. The van der Waals surface area contributed by atoms with Crippen LogP contribution >= 0.6 is 22.7 Å². The highest BCUT2D eigenvalue weighted by Crippen LogP contribution is 2.25. The van der Waals surface area contributed by atoms with Crippen LogP contribution in [0, 0.1) is 13.8 Å². The van der Waals surface area contributed by atoms with Crippen molar-refractivity contribution in [3.8, 4) is 0 Å². The third-order valence-electron chi connectivity index (χ3n) is 2.70. The number of nitrogens with zero attached hydrogens (tertiary/aromatic N) is 1. The summed E-state index contributed by atoms with van der Waals surface area (Å²) in [6, 6.07) is 1.96. The fraction of sp³-hybridized carbons (Fsp3) is 0.385. The van der Waals surface area contributed by atoms with Gasteiger partial charge in [0.1, 0.15) is 0 Å². The summed E-state index contributed by atoms with van der Waals surface area (Å²) in [6.45, 7) is 8.20. The summed E-state index contributed by atoms with van der Waals surface area (Å²) < 4.78 is 0. The lowest BCUT2D eigenvalue weighted by Crippen LogP contribution is -2.10. The summed E-state index contributed by atoms with van der Waals surface area (Å²) in [5.74, 6) is 0.382. The van der Waals surface area contributed by atoms with Crippen LogP contribution in [-0.2, 0) is 0 Å². The normalized spacial score (nSPS) is 10.9. The number of carbonyl (C=O) groups is 1. The number of carbonyl (C=O) groups excluding carboxylic acids is 1. The smallest absolute Gasteiger partial charge is 0.258 e. The average molecular weight is 280 g/mol. The number of thiophene rings is 1. The fourth-order valence-electron chi connectivity index (χ4n) is 1.47. The second-order valence-electron chi connectivity index (χ2n) is 4.51. The first kappa shape index (κ1) is 13.2. The number of hydrogen-bond donors (Lipinski definition) is 1. The summed E-state index contributed by atoms with van der Waals surface area (Å²) in [4.78, 5) is 18.7. The molecule has 0 aliphatic carbocycles. The molecular weight excluding hydrogens is 264 g/mol. The first-order valence-electron chi connectivity index (χ1n) is 5.81. The number of aromatic nitrogens is 1. The third-order valence-corrected chi connectivity index (χ3v) is 4.92. The van der Waals surface area contributed by atoms with Crippen LogP contribution in [0.1, 0.15) is 45.6 Å². The van der Waals surface area contributed by atoms with E-state index in [4.69, 9.17) is 0 Å². The molecule has 18 heavy (non-hydrogen) atoms. The molecule has 96 valence electrons. The highest BCUT2D eigenvalue weighted by molar-refractivity contribution is 7.15. The van der Waals surface area contributed by atoms with E-state index in [9.17, 15) is 4.79 Å². The molecule has 0 fully saturated rings. The molecule has 0 atom stereocenters. The van der Waals surface area contributed by atoms with E-state index in [0.29, 0.717) is 16.6 Å². The lowest BCUT2D eigenvalue weighted by atomic mass is 10.1. The molecule has 0 saturated heterocycles. The third kappa shape index (κ3) is 2.79. The van der Waals surface area contributed by atoms with Crippen molar-refractivity contribution in [3.63, 3.8) is 0 Å². The molecule has 0 aliphatic heterocycles. The second kappa shape index (κ2) is 5.20. The van der Waals surface area contributed by atoms with Crippen LogP contribution in [0.3, 0.4) is 0 Å². The zero-order valence-electron chi connectivity index (χ0n) is 10.9. The van der Waals surface area contributed by atoms with Crippen molar-refractivity contribution in [1.29, 1.82) is 0 Å². The van der Waals surface area contributed by atoms with Gasteiger partial charge in [-0.1, -0.05) is 13.8 Å². The minimum absolute atomic E-state index is 0.0769. The zero-order valence-corrected chi connectivity index (χ0v) is 12.5. The molecule has 2 rings (SSSR count). The molecule has 0 saturated carbocycles. The Labute approximate surface area is 115 Å². The monoisotopic (exact) mass is 280 g/mol. The van der Waals surface area contributed by atoms with Crippen LogP contribution < -0.4 is 5.32 Å². The predicted octanol–water partition coefficient (Wildman–Crippen LogP) is 4.20. The zero-order chi connectivity index (χ0) is 13.3. The molecule has 1 amide bonds. The van der Waals surface area contributed by atoms with Crippen LogP contribution in [0.5, 0.6) is 0 Å². The van der Waals surface area contributed by atoms with Crippen molar-refractivity contribution in [2.45, 2.75) is 33.6 Å². The molecule has 1 N–H and O–H groups in total. The van der Waals surface area contributed by atoms with Crippen molar-refractivity contribution in [3.05, 3.63) is 32.5 Å². The van der Waals surface area contributed by atoms with Crippen molar-refractivity contribution < 1.29 is 4.79 Å². The van der Waals surface area contributed by atoms with E-state index in [1.807, 2.05) is 25.3 Å². The Balaban J connectivity index is 2.11. The maximum atomic E-state index is 12.0. The molecule has 2 heterocycles. The Kier molecular flexibility index (Phi) is 3.82. The molecule has 2 aromatic heterocycles. The van der Waals surface area contributed by atoms with Gasteiger partial charge in [-0.25, -0.2) is 4.98 Å². The number of amides is 1. The summed E-state index contributed by atoms with van der Waals surface area (Å²) >= 11 is 3.14. The topological polar surface area (TPSA) is 42.0 Å². The number of hydrogen-bond acceptors (Lipinski definition) is 4. The van der Waals surface area contributed by atoms with Gasteiger partial charge >= 0.3 is 0 Å². The van der Waals surface area contributed by atoms with Gasteiger partial charge in [-0.05, 0) is 25.8 Å². The number of nitrogens with one attached hydrogen (secondary N) is 1. The molecular formula is C13H16N2OS2. The van der Waals surface area contributed by atoms with Gasteiger partial charge in [0.25, 0.3) is 5.91 Å². The van der Waals surface area contributed by atoms with Crippen molar-refractivity contribution in [2.24, 2.45) is 0 Å². The SMILES string of the molecule is Cc1nc(NC(=O)c2csc(C(C)C)c2)sc1C. The minimum atomic E-state index is -0.0769. The number of thiazole rings is 1. The largest absolute Gasteiger partial charge is 0.298 e. The van der Waals surface area contributed by atoms with E-state index < -0.39 is 0 Å². The standard InChI is InChI=1S/C13H16N2OS2/c1-7(2)11-5-10(6-17-11)12(16)15-13-14-8(3)9(4)18-13/h5-7H,1-4H3,(H,14,15,16). The van der Waals surface area contributed by atoms with E-state index in [1.54, 1.807) is 11.3 Å². The Bertz CT molecular complexity index is 550. The molecule has 0 radical (unpaired) electrons. The van der Waals surface area contributed by atoms with Gasteiger partial charge in [-0.15, -0.1) is 22.7 Å². The molecule has 3 nitrogen and oxygen atoms in total. The number of anilines is 1. The minimum Gasteiger partial charge on any atom is -0.298 e. The van der Waals surface area contributed by atoms with E-state index in [0.717, 1.165) is 10.6 Å². The van der Waals surface area contributed by atoms with E-state index >= 15 is 0 Å². The van der Waals surface area contributed by atoms with Crippen molar-refractivity contribution in [1.82, 2.24) is 4.98 Å². The Morgan fingerprint density at radius 1 is 1.39 bits per heavy atom. The Morgan fingerprint density at radius 3 is 2.61 bits per heavy atom. The highest BCUT2D eigenvalue weighted by atomic mass is 32.1. The molecule has 0 aromatic carbocycles. The van der Waals surface area contributed by atoms with Gasteiger partial charge in [0.2, 0.25) is 0 Å². The van der Waals surface area contributed by atoms with Crippen molar-refractivity contribution in [2.75, 3.05) is 5.32 Å². The maximum absolute atomic E-state index is 12.0. The molecule has 0 unspecified atom stereocenters. The van der Waals surface area contributed by atoms with Crippen LogP contribution in [-0.4, -0.2) is 10.9 Å². The summed E-state index contributed by atoms with van der Waals surface area (Å²) in [6.07, 6.45) is 0. The van der Waals surface area contributed by atoms with Gasteiger partial charge in [0.15, 0.2) is 5.13 Å². The molecule has 2 aromatic rings. The number of rotatable bonds is 3.